The fourth-order valence-electron chi connectivity index (χ4n) is 5.48. The number of fused-ring (bicyclic) bond motifs is 1. The molecule has 0 saturated carbocycles. The summed E-state index contributed by atoms with van der Waals surface area (Å²) in [5, 5.41) is 9.55. The van der Waals surface area contributed by atoms with Crippen molar-refractivity contribution in [3.05, 3.63) is 93.3 Å². The van der Waals surface area contributed by atoms with Crippen LogP contribution in [0, 0.1) is 30.1 Å². The Hall–Kier alpha value is -3.95. The summed E-state index contributed by atoms with van der Waals surface area (Å²) < 4.78 is 1.65. The summed E-state index contributed by atoms with van der Waals surface area (Å²) in [6.07, 6.45) is 11.7. The molecule has 199 valence electrons. The molecule has 1 fully saturated rings. The molecular formula is C33H35N4O2. The van der Waals surface area contributed by atoms with Crippen molar-refractivity contribution < 1.29 is 4.79 Å². The lowest BCUT2D eigenvalue weighted by atomic mass is 9.90. The molecular weight excluding hydrogens is 484 g/mol. The molecule has 1 amide bonds. The number of amides is 1. The number of hydrogen-bond acceptors (Lipinski definition) is 4. The summed E-state index contributed by atoms with van der Waals surface area (Å²) in [6, 6.07) is 6.55. The molecule has 2 heterocycles. The molecule has 6 nitrogen and oxygen atoms in total. The molecule has 3 aliphatic rings. The van der Waals surface area contributed by atoms with Crippen LogP contribution in [0.5, 0.6) is 0 Å². The third kappa shape index (κ3) is 5.32. The van der Waals surface area contributed by atoms with Gasteiger partial charge in [0.2, 0.25) is 0 Å². The van der Waals surface area contributed by atoms with Crippen molar-refractivity contribution >= 4 is 23.1 Å². The third-order valence-corrected chi connectivity index (χ3v) is 7.58. The average Bonchev–Trinajstić information content (AvgIpc) is 3.67. The largest absolute Gasteiger partial charge is 0.335 e. The smallest absolute Gasteiger partial charge is 0.264 e. The predicted octanol–water partition coefficient (Wildman–Crippen LogP) is 5.14. The van der Waals surface area contributed by atoms with Crippen LogP contribution in [-0.4, -0.2) is 46.5 Å². The lowest BCUT2D eigenvalue weighted by Crippen LogP contribution is -2.48. The number of carbonyl (C=O) groups excluding carboxylic acids is 1. The van der Waals surface area contributed by atoms with Crippen molar-refractivity contribution in [2.24, 2.45) is 12.5 Å². The van der Waals surface area contributed by atoms with Crippen LogP contribution in [0.2, 0.25) is 0 Å². The molecule has 0 spiro atoms. The van der Waals surface area contributed by atoms with E-state index in [2.05, 4.69) is 49.1 Å². The highest BCUT2D eigenvalue weighted by molar-refractivity contribution is 5.98. The number of benzene rings is 1. The topological polar surface area (TPSA) is 69.3 Å². The molecule has 0 atom stereocenters. The quantitative estimate of drug-likeness (QED) is 0.405. The number of nitrogens with zero attached hydrogens (tertiary/aromatic N) is 4. The maximum atomic E-state index is 13.0. The molecule has 1 aliphatic heterocycles. The van der Waals surface area contributed by atoms with Crippen LogP contribution < -0.4 is 5.56 Å². The minimum absolute atomic E-state index is 0.0103. The number of nitriles is 1. The van der Waals surface area contributed by atoms with Crippen LogP contribution in [0.1, 0.15) is 48.6 Å². The van der Waals surface area contributed by atoms with Crippen LogP contribution in [0.25, 0.3) is 28.3 Å². The van der Waals surface area contributed by atoms with Gasteiger partial charge in [0.15, 0.2) is 0 Å². The second-order valence-corrected chi connectivity index (χ2v) is 11.8. The molecule has 6 heteroatoms. The Morgan fingerprint density at radius 2 is 1.82 bits per heavy atom. The monoisotopic (exact) mass is 519 g/mol. The van der Waals surface area contributed by atoms with Crippen LogP contribution in [0.4, 0.5) is 0 Å². The van der Waals surface area contributed by atoms with Gasteiger partial charge in [-0.3, -0.25) is 14.5 Å². The highest BCUT2D eigenvalue weighted by atomic mass is 16.2. The van der Waals surface area contributed by atoms with Crippen LogP contribution in [0.3, 0.4) is 0 Å². The highest BCUT2D eigenvalue weighted by Gasteiger charge is 2.27. The SMILES string of the molecule is C=C1C=Cc2c1c(-c1cc(C)c(CN3CCN(C(=O)/C(C#N)=C/C(C)(C)C)CC3)c(C3=C[CH]3)c1)cn(C)c2=O. The normalized spacial score (nSPS) is 17.2. The summed E-state index contributed by atoms with van der Waals surface area (Å²) in [5.41, 5.74) is 9.48. The van der Waals surface area contributed by atoms with Gasteiger partial charge in [-0.25, -0.2) is 0 Å². The Labute approximate surface area is 230 Å². The lowest BCUT2D eigenvalue weighted by molar-refractivity contribution is -0.128. The van der Waals surface area contributed by atoms with E-state index in [1.807, 2.05) is 39.1 Å². The number of piperazine rings is 1. The zero-order valence-electron chi connectivity index (χ0n) is 23.5. The first-order chi connectivity index (χ1) is 18.5. The molecule has 1 aromatic heterocycles. The van der Waals surface area contributed by atoms with Gasteiger partial charge in [-0.1, -0.05) is 51.6 Å². The summed E-state index contributed by atoms with van der Waals surface area (Å²) >= 11 is 0. The van der Waals surface area contributed by atoms with Crippen LogP contribution >= 0.6 is 0 Å². The summed E-state index contributed by atoms with van der Waals surface area (Å²) in [7, 11) is 1.79. The molecule has 39 heavy (non-hydrogen) atoms. The van der Waals surface area contributed by atoms with E-state index in [9.17, 15) is 14.9 Å². The van der Waals surface area contributed by atoms with Gasteiger partial charge in [0, 0.05) is 69.1 Å². The van der Waals surface area contributed by atoms with Crippen molar-refractivity contribution in [3.8, 4) is 17.2 Å². The standard InChI is InChI=1S/C33H35N4O2/c1-21-7-10-26-30(21)29(19-35(6)32(26)39)24-15-22(2)28(27(16-24)23-8-9-23)20-36-11-13-37(14-12-36)31(38)25(18-34)17-33(3,4)5/h7-10,15-17,19H,1,11-14,20H2,2-6H3/b25-17+. The Kier molecular flexibility index (Phi) is 6.82. The number of aryl methyl sites for hydroxylation is 2. The molecule has 1 saturated heterocycles. The van der Waals surface area contributed by atoms with Crippen molar-refractivity contribution in [2.45, 2.75) is 34.2 Å². The molecule has 2 aliphatic carbocycles. The number of aromatic nitrogens is 1. The Morgan fingerprint density at radius 1 is 1.13 bits per heavy atom. The van der Waals surface area contributed by atoms with Gasteiger partial charge >= 0.3 is 0 Å². The van der Waals surface area contributed by atoms with Gasteiger partial charge in [0.1, 0.15) is 11.6 Å². The van der Waals surface area contributed by atoms with E-state index in [-0.39, 0.29) is 22.5 Å². The first-order valence-corrected chi connectivity index (χ1v) is 13.4. The number of allylic oxidation sites excluding steroid dienone is 5. The van der Waals surface area contributed by atoms with Crippen molar-refractivity contribution in [1.82, 2.24) is 14.4 Å². The Morgan fingerprint density at radius 3 is 2.44 bits per heavy atom. The van der Waals surface area contributed by atoms with Crippen LogP contribution in [-0.2, 0) is 18.4 Å². The first-order valence-electron chi connectivity index (χ1n) is 13.4. The van der Waals surface area contributed by atoms with Gasteiger partial charge in [0.05, 0.1) is 0 Å². The highest BCUT2D eigenvalue weighted by Crippen LogP contribution is 2.40. The Bertz CT molecular complexity index is 1580. The number of carbonyl (C=O) groups is 1. The minimum atomic E-state index is -0.227. The zero-order chi connectivity index (χ0) is 28.1. The van der Waals surface area contributed by atoms with E-state index in [4.69, 9.17) is 0 Å². The second-order valence-electron chi connectivity index (χ2n) is 11.8. The van der Waals surface area contributed by atoms with Gasteiger partial charge in [-0.05, 0) is 57.9 Å². The van der Waals surface area contributed by atoms with E-state index in [0.717, 1.165) is 41.9 Å². The fourth-order valence-corrected chi connectivity index (χ4v) is 5.48. The zero-order valence-corrected chi connectivity index (χ0v) is 23.5. The molecule has 0 N–H and O–H groups in total. The third-order valence-electron chi connectivity index (χ3n) is 7.58. The number of hydrogen-bond donors (Lipinski definition) is 0. The van der Waals surface area contributed by atoms with E-state index < -0.39 is 0 Å². The van der Waals surface area contributed by atoms with Crippen molar-refractivity contribution in [1.29, 1.82) is 5.26 Å². The summed E-state index contributed by atoms with van der Waals surface area (Å²) in [5.74, 6) is -0.174. The molecule has 2 aromatic rings. The van der Waals surface area contributed by atoms with Crippen LogP contribution in [0.15, 0.2) is 53.5 Å². The Balaban J connectivity index is 1.38. The minimum Gasteiger partial charge on any atom is -0.335 e. The summed E-state index contributed by atoms with van der Waals surface area (Å²) in [4.78, 5) is 29.9. The lowest BCUT2D eigenvalue weighted by Gasteiger charge is -2.35. The number of pyridine rings is 1. The summed E-state index contributed by atoms with van der Waals surface area (Å²) in [6.45, 7) is 15.8. The van der Waals surface area contributed by atoms with E-state index in [0.29, 0.717) is 18.7 Å². The predicted molar refractivity (Wildman–Crippen MR) is 157 cm³/mol. The molecule has 1 aromatic carbocycles. The maximum absolute atomic E-state index is 13.0. The molecule has 5 rings (SSSR count). The van der Waals surface area contributed by atoms with Crippen molar-refractivity contribution in [3.63, 3.8) is 0 Å². The van der Waals surface area contributed by atoms with E-state index in [1.54, 1.807) is 22.6 Å². The molecule has 0 bridgehead atoms. The fraction of sp³-hybridized carbons (Fsp3) is 0.333. The van der Waals surface area contributed by atoms with Gasteiger partial charge < -0.3 is 9.47 Å². The maximum Gasteiger partial charge on any atom is 0.264 e. The average molecular weight is 520 g/mol. The van der Waals surface area contributed by atoms with Gasteiger partial charge in [-0.2, -0.15) is 5.26 Å². The van der Waals surface area contributed by atoms with E-state index in [1.165, 1.54) is 22.3 Å². The van der Waals surface area contributed by atoms with E-state index >= 15 is 0 Å². The second kappa shape index (κ2) is 9.98. The van der Waals surface area contributed by atoms with Crippen molar-refractivity contribution in [2.75, 3.05) is 26.2 Å². The number of rotatable bonds is 5. The van der Waals surface area contributed by atoms with Gasteiger partial charge in [-0.15, -0.1) is 0 Å². The molecule has 0 unspecified atom stereocenters. The molecule has 1 radical (unpaired) electrons. The first kappa shape index (κ1) is 26.6. The van der Waals surface area contributed by atoms with Gasteiger partial charge in [0.25, 0.3) is 11.5 Å².